The summed E-state index contributed by atoms with van der Waals surface area (Å²) >= 11 is 16.2. The summed E-state index contributed by atoms with van der Waals surface area (Å²) in [5.74, 6) is 0. The number of anilines is 6. The summed E-state index contributed by atoms with van der Waals surface area (Å²) in [7, 11) is 0. The van der Waals surface area contributed by atoms with Crippen LogP contribution in [0.2, 0.25) is 10.0 Å². The molecule has 398 valence electrons. The molecule has 0 aliphatic carbocycles. The molecule has 0 bridgehead atoms. The van der Waals surface area contributed by atoms with E-state index < -0.39 is 0 Å². The van der Waals surface area contributed by atoms with Gasteiger partial charge in [-0.1, -0.05) is 283 Å². The van der Waals surface area contributed by atoms with E-state index in [1.165, 1.54) is 54.6 Å². The van der Waals surface area contributed by atoms with Gasteiger partial charge in [-0.3, -0.25) is 0 Å². The Balaban J connectivity index is 1.09. The number of hydrogen-bond acceptors (Lipinski definition) is 2. The first-order valence-electron chi connectivity index (χ1n) is 28.3. The molecule has 0 amide bonds. The fraction of sp³-hybridized carbons (Fsp3) is 0.103. The number of nitrogens with zero attached hydrogens (tertiary/aromatic N) is 2. The molecule has 2 nitrogen and oxygen atoms in total. The van der Waals surface area contributed by atoms with Gasteiger partial charge in [0.15, 0.2) is 0 Å². The maximum atomic E-state index is 8.45. The van der Waals surface area contributed by atoms with Crippen LogP contribution in [0.15, 0.2) is 267 Å². The molecule has 0 fully saturated rings. The van der Waals surface area contributed by atoms with Crippen LogP contribution in [0.3, 0.4) is 0 Å². The van der Waals surface area contributed by atoms with Crippen molar-refractivity contribution < 1.29 is 0 Å². The van der Waals surface area contributed by atoms with E-state index in [2.05, 4.69) is 306 Å². The van der Waals surface area contributed by atoms with Crippen molar-refractivity contribution in [3.05, 3.63) is 288 Å². The van der Waals surface area contributed by atoms with Gasteiger partial charge < -0.3 is 9.80 Å². The zero-order valence-electron chi connectivity index (χ0n) is 47.1. The summed E-state index contributed by atoms with van der Waals surface area (Å²) in [6, 6.07) is 96.5. The molecule has 4 heteroatoms. The Labute approximate surface area is 492 Å². The largest absolute Gasteiger partial charge is 0.308 e. The molecule has 0 saturated heterocycles. The summed E-state index contributed by atoms with van der Waals surface area (Å²) in [4.78, 5) is 4.67. The lowest BCUT2D eigenvalue weighted by atomic mass is 9.83. The summed E-state index contributed by atoms with van der Waals surface area (Å²) < 4.78 is 0. The Morgan fingerprint density at radius 3 is 1.28 bits per heavy atom. The van der Waals surface area contributed by atoms with Crippen molar-refractivity contribution in [3.8, 4) is 55.6 Å². The van der Waals surface area contributed by atoms with Gasteiger partial charge in [0.05, 0.1) is 27.8 Å². The molecular formula is C78H62Cl2N2. The Morgan fingerprint density at radius 2 is 0.720 bits per heavy atom. The van der Waals surface area contributed by atoms with Crippen molar-refractivity contribution in [1.29, 1.82) is 0 Å². The highest BCUT2D eigenvalue weighted by Crippen LogP contribution is 2.55. The second-order valence-corrected chi connectivity index (χ2v) is 24.4. The number of benzene rings is 13. The van der Waals surface area contributed by atoms with Gasteiger partial charge in [0.2, 0.25) is 0 Å². The van der Waals surface area contributed by atoms with E-state index >= 15 is 0 Å². The maximum absolute atomic E-state index is 8.45. The number of rotatable bonds is 11. The van der Waals surface area contributed by atoms with Crippen molar-refractivity contribution in [2.75, 3.05) is 9.80 Å². The van der Waals surface area contributed by atoms with Crippen LogP contribution in [-0.2, 0) is 10.8 Å². The third-order valence-electron chi connectivity index (χ3n) is 16.3. The standard InChI is InChI=1S/C78H62Cl2N2/c1-77(2,3)58-38-43-61(44-39-58)81(70-47-40-59(78(4,5)6)48-69(70)67-45-36-57-33-32-55-26-18-27-56-37-46-68(67)74(57)73(55)56)71-49-60(79)50-72(75(71)80)82(62-41-34-54(35-42-62)64-29-17-16-28-63(64)51-20-10-7-11-21-51)76-65(52-22-12-8-13-23-52)30-19-31-66(76)53-24-14-9-15-25-53/h7-50H,1-6H3. The van der Waals surface area contributed by atoms with Gasteiger partial charge in [0.25, 0.3) is 0 Å². The quantitative estimate of drug-likeness (QED) is 0.119. The van der Waals surface area contributed by atoms with Crippen molar-refractivity contribution in [2.24, 2.45) is 0 Å². The monoisotopic (exact) mass is 1100 g/mol. The van der Waals surface area contributed by atoms with Gasteiger partial charge in [-0.15, -0.1) is 0 Å². The van der Waals surface area contributed by atoms with Gasteiger partial charge in [0, 0.05) is 33.1 Å². The molecule has 0 heterocycles. The van der Waals surface area contributed by atoms with Crippen molar-refractivity contribution in [2.45, 2.75) is 52.4 Å². The first-order chi connectivity index (χ1) is 39.8. The predicted octanol–water partition coefficient (Wildman–Crippen LogP) is 23.8. The predicted molar refractivity (Wildman–Crippen MR) is 354 cm³/mol. The van der Waals surface area contributed by atoms with Crippen molar-refractivity contribution in [1.82, 2.24) is 0 Å². The molecule has 0 N–H and O–H groups in total. The third kappa shape index (κ3) is 9.66. The second-order valence-electron chi connectivity index (χ2n) is 23.6. The highest BCUT2D eigenvalue weighted by Gasteiger charge is 2.30. The molecule has 0 aliphatic heterocycles. The lowest BCUT2D eigenvalue weighted by molar-refractivity contribution is 0.590. The average Bonchev–Trinajstić information content (AvgIpc) is 3.69. The van der Waals surface area contributed by atoms with Crippen LogP contribution in [0, 0.1) is 0 Å². The minimum absolute atomic E-state index is 0.0756. The van der Waals surface area contributed by atoms with Gasteiger partial charge in [0.1, 0.15) is 0 Å². The van der Waals surface area contributed by atoms with E-state index in [1.54, 1.807) is 0 Å². The highest BCUT2D eigenvalue weighted by atomic mass is 35.5. The van der Waals surface area contributed by atoms with Gasteiger partial charge in [-0.05, 0) is 142 Å². The maximum Gasteiger partial charge on any atom is 0.0888 e. The molecule has 0 radical (unpaired) electrons. The molecule has 0 unspecified atom stereocenters. The number of para-hydroxylation sites is 1. The molecule has 13 aromatic carbocycles. The summed E-state index contributed by atoms with van der Waals surface area (Å²) in [6.07, 6.45) is 0. The molecule has 13 aromatic rings. The molecule has 13 rings (SSSR count). The SMILES string of the molecule is CC(C)(C)c1ccc(N(c2ccc(C(C)(C)C)cc2-c2ccc3ccc4cccc5ccc2c3c45)c2cc(Cl)cc(N(c3ccc(-c4ccccc4-c4ccccc4)cc3)c3c(-c4ccccc4)cccc3-c3ccccc3)c2Cl)cc1. The van der Waals surface area contributed by atoms with Crippen LogP contribution >= 0.6 is 23.2 Å². The lowest BCUT2D eigenvalue weighted by Crippen LogP contribution is -2.18. The topological polar surface area (TPSA) is 6.48 Å². The highest BCUT2D eigenvalue weighted by molar-refractivity contribution is 6.39. The minimum atomic E-state index is -0.153. The zero-order chi connectivity index (χ0) is 56.3. The molecule has 82 heavy (non-hydrogen) atoms. The fourth-order valence-electron chi connectivity index (χ4n) is 12.1. The van der Waals surface area contributed by atoms with Gasteiger partial charge in [-0.25, -0.2) is 0 Å². The molecule has 0 atom stereocenters. The van der Waals surface area contributed by atoms with Crippen LogP contribution in [0.25, 0.3) is 88.0 Å². The first-order valence-corrected chi connectivity index (χ1v) is 29.0. The van der Waals surface area contributed by atoms with Gasteiger partial charge >= 0.3 is 0 Å². The van der Waals surface area contributed by atoms with Crippen LogP contribution in [0.4, 0.5) is 34.1 Å². The van der Waals surface area contributed by atoms with Crippen LogP contribution in [0.5, 0.6) is 0 Å². The van der Waals surface area contributed by atoms with Crippen LogP contribution < -0.4 is 9.80 Å². The van der Waals surface area contributed by atoms with E-state index in [1.807, 2.05) is 12.1 Å². The van der Waals surface area contributed by atoms with E-state index in [4.69, 9.17) is 23.2 Å². The number of hydrogen-bond donors (Lipinski definition) is 0. The van der Waals surface area contributed by atoms with E-state index in [9.17, 15) is 0 Å². The number of halogens is 2. The Kier molecular flexibility index (Phi) is 13.6. The van der Waals surface area contributed by atoms with E-state index in [0.29, 0.717) is 10.0 Å². The summed E-state index contributed by atoms with van der Waals surface area (Å²) in [5, 5.41) is 8.50. The Hall–Kier alpha value is -8.92. The Bertz CT molecular complexity index is 4390. The van der Waals surface area contributed by atoms with Gasteiger partial charge in [-0.2, -0.15) is 0 Å². The zero-order valence-corrected chi connectivity index (χ0v) is 48.6. The summed E-state index contributed by atoms with van der Waals surface area (Å²) in [6.45, 7) is 13.7. The smallest absolute Gasteiger partial charge is 0.0888 e. The second kappa shape index (κ2) is 21.2. The first kappa shape index (κ1) is 52.5. The molecule has 0 aromatic heterocycles. The Morgan fingerprint density at radius 1 is 0.293 bits per heavy atom. The molecule has 0 spiro atoms. The molecular weight excluding hydrogens is 1040 g/mol. The normalized spacial score (nSPS) is 11.9. The average molecular weight is 1100 g/mol. The van der Waals surface area contributed by atoms with Crippen LogP contribution in [-0.4, -0.2) is 0 Å². The van der Waals surface area contributed by atoms with Crippen molar-refractivity contribution in [3.63, 3.8) is 0 Å². The fourth-order valence-corrected chi connectivity index (χ4v) is 12.5. The van der Waals surface area contributed by atoms with E-state index in [-0.39, 0.29) is 10.8 Å². The van der Waals surface area contributed by atoms with E-state index in [0.717, 1.165) is 78.6 Å². The third-order valence-corrected chi connectivity index (χ3v) is 16.9. The minimum Gasteiger partial charge on any atom is -0.308 e. The summed E-state index contributed by atoms with van der Waals surface area (Å²) in [5.41, 5.74) is 18.6. The van der Waals surface area contributed by atoms with Crippen LogP contribution in [0.1, 0.15) is 52.7 Å². The lowest BCUT2D eigenvalue weighted by Gasteiger charge is -2.35. The molecule has 0 aliphatic rings. The molecule has 0 saturated carbocycles. The van der Waals surface area contributed by atoms with Crippen molar-refractivity contribution >= 4 is 89.6 Å².